The van der Waals surface area contributed by atoms with Crippen molar-refractivity contribution in [3.8, 4) is 5.75 Å². The first kappa shape index (κ1) is 13.1. The van der Waals surface area contributed by atoms with Gasteiger partial charge in [-0.05, 0) is 44.0 Å². The molecular formula is C14H21FN2O. The molecule has 1 heterocycles. The van der Waals surface area contributed by atoms with E-state index >= 15 is 0 Å². The van der Waals surface area contributed by atoms with Crippen LogP contribution in [0.3, 0.4) is 0 Å². The highest BCUT2D eigenvalue weighted by atomic mass is 19.1. The smallest absolute Gasteiger partial charge is 0.142 e. The van der Waals surface area contributed by atoms with Gasteiger partial charge in [-0.2, -0.15) is 0 Å². The van der Waals surface area contributed by atoms with Crippen molar-refractivity contribution in [2.45, 2.75) is 25.7 Å². The fourth-order valence-corrected chi connectivity index (χ4v) is 2.44. The lowest BCUT2D eigenvalue weighted by Gasteiger charge is -2.26. The Balaban J connectivity index is 1.99. The van der Waals surface area contributed by atoms with Crippen LogP contribution in [0.5, 0.6) is 5.75 Å². The number of nitrogen functional groups attached to an aromatic ring is 1. The Morgan fingerprint density at radius 2 is 2.00 bits per heavy atom. The number of likely N-dealkylation sites (tertiary alicyclic amines) is 1. The van der Waals surface area contributed by atoms with Crippen LogP contribution in [0.25, 0.3) is 0 Å². The number of ether oxygens (including phenoxy) is 1. The SMILES string of the molecule is COc1cc(CCN2CCCCC2)c(F)cc1N. The number of methoxy groups -OCH3 is 1. The van der Waals surface area contributed by atoms with Crippen LogP contribution in [0.4, 0.5) is 10.1 Å². The van der Waals surface area contributed by atoms with Crippen LogP contribution in [0, 0.1) is 5.82 Å². The number of halogens is 1. The lowest BCUT2D eigenvalue weighted by molar-refractivity contribution is 0.231. The number of hydrogen-bond acceptors (Lipinski definition) is 3. The van der Waals surface area contributed by atoms with Gasteiger partial charge in [-0.1, -0.05) is 6.42 Å². The first-order valence-electron chi connectivity index (χ1n) is 6.55. The van der Waals surface area contributed by atoms with E-state index in [9.17, 15) is 4.39 Å². The Bertz CT molecular complexity index is 403. The summed E-state index contributed by atoms with van der Waals surface area (Å²) in [6, 6.07) is 3.07. The maximum absolute atomic E-state index is 13.8. The number of benzene rings is 1. The number of hydrogen-bond donors (Lipinski definition) is 1. The highest BCUT2D eigenvalue weighted by Crippen LogP contribution is 2.25. The molecule has 18 heavy (non-hydrogen) atoms. The molecule has 0 bridgehead atoms. The molecule has 0 atom stereocenters. The second-order valence-electron chi connectivity index (χ2n) is 4.84. The zero-order valence-electron chi connectivity index (χ0n) is 10.9. The predicted molar refractivity (Wildman–Crippen MR) is 71.4 cm³/mol. The molecule has 2 N–H and O–H groups in total. The average molecular weight is 252 g/mol. The van der Waals surface area contributed by atoms with E-state index in [0.29, 0.717) is 23.4 Å². The van der Waals surface area contributed by atoms with E-state index in [1.54, 1.807) is 13.2 Å². The largest absolute Gasteiger partial charge is 0.495 e. The van der Waals surface area contributed by atoms with Crippen LogP contribution in [0.15, 0.2) is 12.1 Å². The summed E-state index contributed by atoms with van der Waals surface area (Å²) in [5, 5.41) is 0. The molecule has 0 saturated carbocycles. The molecule has 0 unspecified atom stereocenters. The average Bonchev–Trinajstić information content (AvgIpc) is 2.39. The summed E-state index contributed by atoms with van der Waals surface area (Å²) in [6.07, 6.45) is 4.55. The van der Waals surface area contributed by atoms with Gasteiger partial charge in [0.05, 0.1) is 12.8 Å². The summed E-state index contributed by atoms with van der Waals surface area (Å²) in [6.45, 7) is 3.17. The molecular weight excluding hydrogens is 231 g/mol. The maximum atomic E-state index is 13.8. The van der Waals surface area contributed by atoms with Gasteiger partial charge in [0.1, 0.15) is 11.6 Å². The zero-order valence-corrected chi connectivity index (χ0v) is 10.9. The molecule has 0 aliphatic carbocycles. The summed E-state index contributed by atoms with van der Waals surface area (Å²) in [4.78, 5) is 2.39. The summed E-state index contributed by atoms with van der Waals surface area (Å²) >= 11 is 0. The molecule has 1 aromatic rings. The van der Waals surface area contributed by atoms with Gasteiger partial charge < -0.3 is 15.4 Å². The van der Waals surface area contributed by atoms with Gasteiger partial charge in [0.15, 0.2) is 0 Å². The van der Waals surface area contributed by atoms with E-state index in [2.05, 4.69) is 4.90 Å². The van der Waals surface area contributed by atoms with Crippen LogP contribution < -0.4 is 10.5 Å². The minimum Gasteiger partial charge on any atom is -0.495 e. The Hall–Kier alpha value is -1.29. The van der Waals surface area contributed by atoms with E-state index in [1.165, 1.54) is 25.3 Å². The molecule has 100 valence electrons. The third-order valence-corrected chi connectivity index (χ3v) is 3.54. The van der Waals surface area contributed by atoms with Gasteiger partial charge in [-0.15, -0.1) is 0 Å². The van der Waals surface area contributed by atoms with Crippen molar-refractivity contribution in [2.75, 3.05) is 32.5 Å². The van der Waals surface area contributed by atoms with Gasteiger partial charge in [-0.3, -0.25) is 0 Å². The van der Waals surface area contributed by atoms with Crippen LogP contribution >= 0.6 is 0 Å². The maximum Gasteiger partial charge on any atom is 0.142 e. The molecule has 0 amide bonds. The molecule has 0 spiro atoms. The molecule has 1 aromatic carbocycles. The second kappa shape index (κ2) is 6.05. The van der Waals surface area contributed by atoms with Crippen LogP contribution in [-0.4, -0.2) is 31.6 Å². The van der Waals surface area contributed by atoms with Crippen molar-refractivity contribution < 1.29 is 9.13 Å². The van der Waals surface area contributed by atoms with Gasteiger partial charge in [-0.25, -0.2) is 4.39 Å². The first-order valence-corrected chi connectivity index (χ1v) is 6.55. The molecule has 2 rings (SSSR count). The lowest BCUT2D eigenvalue weighted by atomic mass is 10.1. The number of piperidine rings is 1. The van der Waals surface area contributed by atoms with Crippen molar-refractivity contribution in [3.05, 3.63) is 23.5 Å². The van der Waals surface area contributed by atoms with Crippen molar-refractivity contribution in [1.82, 2.24) is 4.90 Å². The van der Waals surface area contributed by atoms with E-state index in [1.807, 2.05) is 0 Å². The normalized spacial score (nSPS) is 16.8. The molecule has 1 aliphatic heterocycles. The van der Waals surface area contributed by atoms with Crippen LogP contribution in [-0.2, 0) is 6.42 Å². The number of nitrogens with zero attached hydrogens (tertiary/aromatic N) is 1. The second-order valence-corrected chi connectivity index (χ2v) is 4.84. The summed E-state index contributed by atoms with van der Waals surface area (Å²) in [7, 11) is 1.55. The Kier molecular flexibility index (Phi) is 4.42. The Morgan fingerprint density at radius 3 is 2.67 bits per heavy atom. The van der Waals surface area contributed by atoms with E-state index in [4.69, 9.17) is 10.5 Å². The molecule has 3 nitrogen and oxygen atoms in total. The molecule has 0 aromatic heterocycles. The Morgan fingerprint density at radius 1 is 1.28 bits per heavy atom. The fraction of sp³-hybridized carbons (Fsp3) is 0.571. The van der Waals surface area contributed by atoms with Crippen molar-refractivity contribution in [2.24, 2.45) is 0 Å². The standard InChI is InChI=1S/C14H21FN2O/c1-18-14-9-11(12(15)10-13(14)16)5-8-17-6-3-2-4-7-17/h9-10H,2-8,16H2,1H3. The highest BCUT2D eigenvalue weighted by Gasteiger charge is 2.12. The first-order chi connectivity index (χ1) is 8.70. The summed E-state index contributed by atoms with van der Waals surface area (Å²) in [5.74, 6) is 0.329. The topological polar surface area (TPSA) is 38.5 Å². The van der Waals surface area contributed by atoms with E-state index in [-0.39, 0.29) is 5.82 Å². The summed E-state index contributed by atoms with van der Waals surface area (Å²) < 4.78 is 18.9. The van der Waals surface area contributed by atoms with E-state index < -0.39 is 0 Å². The number of anilines is 1. The highest BCUT2D eigenvalue weighted by molar-refractivity contribution is 5.54. The Labute approximate surface area is 108 Å². The van der Waals surface area contributed by atoms with Crippen molar-refractivity contribution in [3.63, 3.8) is 0 Å². The lowest BCUT2D eigenvalue weighted by Crippen LogP contribution is -2.31. The predicted octanol–water partition coefficient (Wildman–Crippen LogP) is 2.44. The zero-order chi connectivity index (χ0) is 13.0. The number of rotatable bonds is 4. The minimum atomic E-state index is -0.231. The van der Waals surface area contributed by atoms with Gasteiger partial charge in [0.25, 0.3) is 0 Å². The molecule has 0 radical (unpaired) electrons. The van der Waals surface area contributed by atoms with E-state index in [0.717, 1.165) is 19.6 Å². The van der Waals surface area contributed by atoms with Crippen LogP contribution in [0.1, 0.15) is 24.8 Å². The minimum absolute atomic E-state index is 0.231. The summed E-state index contributed by atoms with van der Waals surface area (Å²) in [5.41, 5.74) is 6.71. The van der Waals surface area contributed by atoms with Gasteiger partial charge >= 0.3 is 0 Å². The quantitative estimate of drug-likeness (QED) is 0.836. The van der Waals surface area contributed by atoms with Gasteiger partial charge in [0.2, 0.25) is 0 Å². The fourth-order valence-electron chi connectivity index (χ4n) is 2.44. The van der Waals surface area contributed by atoms with Crippen molar-refractivity contribution >= 4 is 5.69 Å². The monoisotopic (exact) mass is 252 g/mol. The molecule has 4 heteroatoms. The van der Waals surface area contributed by atoms with Crippen molar-refractivity contribution in [1.29, 1.82) is 0 Å². The van der Waals surface area contributed by atoms with Gasteiger partial charge in [0, 0.05) is 12.6 Å². The van der Waals surface area contributed by atoms with Crippen LogP contribution in [0.2, 0.25) is 0 Å². The third-order valence-electron chi connectivity index (χ3n) is 3.54. The molecule has 1 saturated heterocycles. The third kappa shape index (κ3) is 3.13. The number of nitrogens with two attached hydrogens (primary N) is 1. The molecule has 1 fully saturated rings. The molecule has 1 aliphatic rings.